The Bertz CT molecular complexity index is 1100. The van der Waals surface area contributed by atoms with Gasteiger partial charge in [-0.15, -0.1) is 0 Å². The molecule has 0 radical (unpaired) electrons. The number of halogens is 3. The second-order valence-corrected chi connectivity index (χ2v) is 7.84. The van der Waals surface area contributed by atoms with E-state index < -0.39 is 41.3 Å². The molecule has 2 aliphatic rings. The first-order valence-corrected chi connectivity index (χ1v) is 9.78. The molecule has 2 N–H and O–H groups in total. The third-order valence-electron chi connectivity index (χ3n) is 4.95. The van der Waals surface area contributed by atoms with Crippen LogP contribution in [0.4, 0.5) is 14.5 Å². The Balaban J connectivity index is 1.65. The fraction of sp³-hybridized carbons (Fsp3) is 0.200. The highest BCUT2D eigenvalue weighted by Crippen LogP contribution is 2.34. The normalized spacial score (nSPS) is 18.5. The van der Waals surface area contributed by atoms with Crippen molar-refractivity contribution in [2.24, 2.45) is 0 Å². The van der Waals surface area contributed by atoms with Crippen molar-refractivity contribution < 1.29 is 28.0 Å². The number of fused-ring (bicyclic) bond motifs is 1. The van der Waals surface area contributed by atoms with Crippen LogP contribution in [0, 0.1) is 11.6 Å². The van der Waals surface area contributed by atoms with Crippen molar-refractivity contribution in [3.8, 4) is 0 Å². The average Bonchev–Trinajstić information content (AvgIpc) is 2.91. The first-order valence-electron chi connectivity index (χ1n) is 8.99. The van der Waals surface area contributed by atoms with Gasteiger partial charge in [0.25, 0.3) is 11.8 Å². The average molecular weight is 478 g/mol. The van der Waals surface area contributed by atoms with Gasteiger partial charge in [0.2, 0.25) is 11.8 Å². The summed E-state index contributed by atoms with van der Waals surface area (Å²) in [6, 6.07) is 5.22. The fourth-order valence-electron chi connectivity index (χ4n) is 3.61. The summed E-state index contributed by atoms with van der Waals surface area (Å²) in [6.07, 6.45) is -0.0174. The molecule has 2 aliphatic heterocycles. The zero-order valence-corrected chi connectivity index (χ0v) is 16.9. The largest absolute Gasteiger partial charge is 0.378 e. The smallest absolute Gasteiger partial charge is 0.264 e. The Morgan fingerprint density at radius 2 is 1.87 bits per heavy atom. The molecule has 4 rings (SSSR count). The molecule has 2 aromatic carbocycles. The number of benzene rings is 2. The van der Waals surface area contributed by atoms with Crippen LogP contribution in [0.5, 0.6) is 0 Å². The van der Waals surface area contributed by atoms with Crippen LogP contribution in [0.3, 0.4) is 0 Å². The predicted octanol–water partition coefficient (Wildman–Crippen LogP) is 2.74. The van der Waals surface area contributed by atoms with Crippen molar-refractivity contribution in [1.82, 2.24) is 10.2 Å². The molecule has 0 saturated carbocycles. The van der Waals surface area contributed by atoms with Crippen molar-refractivity contribution in [2.45, 2.75) is 25.4 Å². The third kappa shape index (κ3) is 3.47. The van der Waals surface area contributed by atoms with E-state index in [-0.39, 0.29) is 36.2 Å². The van der Waals surface area contributed by atoms with E-state index in [1.165, 1.54) is 18.2 Å². The highest BCUT2D eigenvalue weighted by atomic mass is 79.9. The number of imide groups is 2. The van der Waals surface area contributed by atoms with Gasteiger partial charge in [-0.25, -0.2) is 8.78 Å². The van der Waals surface area contributed by atoms with Gasteiger partial charge in [-0.3, -0.25) is 29.4 Å². The molecule has 0 aliphatic carbocycles. The Hall–Kier alpha value is -3.14. The van der Waals surface area contributed by atoms with Gasteiger partial charge in [0.15, 0.2) is 0 Å². The summed E-state index contributed by atoms with van der Waals surface area (Å²) < 4.78 is 28.6. The van der Waals surface area contributed by atoms with Crippen LogP contribution in [-0.2, 0) is 16.1 Å². The molecule has 1 saturated heterocycles. The van der Waals surface area contributed by atoms with Gasteiger partial charge in [-0.1, -0.05) is 15.9 Å². The summed E-state index contributed by atoms with van der Waals surface area (Å²) in [4.78, 5) is 50.1. The topological polar surface area (TPSA) is 95.6 Å². The van der Waals surface area contributed by atoms with E-state index >= 15 is 0 Å². The lowest BCUT2D eigenvalue weighted by Crippen LogP contribution is -2.54. The van der Waals surface area contributed by atoms with Gasteiger partial charge < -0.3 is 5.32 Å². The minimum absolute atomic E-state index is 0.00129. The molecule has 1 fully saturated rings. The number of nitrogens with one attached hydrogen (secondary N) is 2. The van der Waals surface area contributed by atoms with E-state index in [9.17, 15) is 28.0 Å². The lowest BCUT2D eigenvalue weighted by Gasteiger charge is -2.27. The Morgan fingerprint density at radius 1 is 1.10 bits per heavy atom. The molecule has 0 aromatic heterocycles. The van der Waals surface area contributed by atoms with Crippen LogP contribution < -0.4 is 10.6 Å². The van der Waals surface area contributed by atoms with E-state index in [1.807, 2.05) is 0 Å². The SMILES string of the molecule is O=C1CCC(N2C(=O)c3ccc(F)c(NCc4cc(F)cc(Br)c4)c3C2=O)C(=O)N1. The number of nitrogens with zero attached hydrogens (tertiary/aromatic N) is 1. The standard InChI is InChI=1S/C20H14BrF2N3O4/c21-10-5-9(6-11(22)7-10)8-24-17-13(23)2-1-12-16(17)20(30)26(19(12)29)14-3-4-15(27)25-18(14)28/h1-2,5-7,14,24H,3-4,8H2,(H,25,27,28). The highest BCUT2D eigenvalue weighted by Gasteiger charge is 2.46. The maximum atomic E-state index is 14.6. The zero-order chi connectivity index (χ0) is 21.6. The molecule has 30 heavy (non-hydrogen) atoms. The minimum Gasteiger partial charge on any atom is -0.378 e. The number of anilines is 1. The molecule has 2 heterocycles. The monoisotopic (exact) mass is 477 g/mol. The van der Waals surface area contributed by atoms with E-state index in [1.54, 1.807) is 6.07 Å². The van der Waals surface area contributed by atoms with Crippen LogP contribution in [0.15, 0.2) is 34.8 Å². The van der Waals surface area contributed by atoms with E-state index in [0.29, 0.717) is 10.0 Å². The van der Waals surface area contributed by atoms with Crippen LogP contribution >= 0.6 is 15.9 Å². The number of carbonyl (C=O) groups excluding carboxylic acids is 4. The van der Waals surface area contributed by atoms with Crippen molar-refractivity contribution in [3.05, 3.63) is 63.1 Å². The van der Waals surface area contributed by atoms with Gasteiger partial charge in [0, 0.05) is 17.4 Å². The molecular formula is C20H14BrF2N3O4. The Labute approximate surface area is 177 Å². The lowest BCUT2D eigenvalue weighted by molar-refractivity contribution is -0.136. The fourth-order valence-corrected chi connectivity index (χ4v) is 4.12. The van der Waals surface area contributed by atoms with Crippen molar-refractivity contribution in [1.29, 1.82) is 0 Å². The van der Waals surface area contributed by atoms with Gasteiger partial charge in [-0.2, -0.15) is 0 Å². The lowest BCUT2D eigenvalue weighted by atomic mass is 10.0. The summed E-state index contributed by atoms with van der Waals surface area (Å²) in [7, 11) is 0. The number of carbonyl (C=O) groups is 4. The molecule has 0 bridgehead atoms. The van der Waals surface area contributed by atoms with E-state index in [2.05, 4.69) is 26.6 Å². The summed E-state index contributed by atoms with van der Waals surface area (Å²) in [6.45, 7) is -0.0103. The van der Waals surface area contributed by atoms with Crippen molar-refractivity contribution in [2.75, 3.05) is 5.32 Å². The van der Waals surface area contributed by atoms with Crippen LogP contribution in [0.1, 0.15) is 39.1 Å². The van der Waals surface area contributed by atoms with E-state index in [0.717, 1.165) is 11.0 Å². The van der Waals surface area contributed by atoms with Crippen LogP contribution in [-0.4, -0.2) is 34.6 Å². The Morgan fingerprint density at radius 3 is 2.57 bits per heavy atom. The maximum Gasteiger partial charge on any atom is 0.264 e. The highest BCUT2D eigenvalue weighted by molar-refractivity contribution is 9.10. The summed E-state index contributed by atoms with van der Waals surface area (Å²) >= 11 is 3.17. The Kier molecular flexibility index (Phi) is 5.10. The number of hydrogen-bond donors (Lipinski definition) is 2. The molecule has 1 unspecified atom stereocenters. The van der Waals surface area contributed by atoms with Crippen molar-refractivity contribution >= 4 is 45.2 Å². The number of hydrogen-bond acceptors (Lipinski definition) is 5. The van der Waals surface area contributed by atoms with E-state index in [4.69, 9.17) is 0 Å². The molecule has 4 amide bonds. The van der Waals surface area contributed by atoms with Crippen LogP contribution in [0.25, 0.3) is 0 Å². The summed E-state index contributed by atoms with van der Waals surface area (Å²) in [5.41, 5.74) is 0.0351. The zero-order valence-electron chi connectivity index (χ0n) is 15.3. The number of rotatable bonds is 4. The quantitative estimate of drug-likeness (QED) is 0.660. The predicted molar refractivity (Wildman–Crippen MR) is 104 cm³/mol. The molecule has 7 nitrogen and oxygen atoms in total. The van der Waals surface area contributed by atoms with Gasteiger partial charge in [0.05, 0.1) is 16.8 Å². The molecule has 154 valence electrons. The second kappa shape index (κ2) is 7.60. The summed E-state index contributed by atoms with van der Waals surface area (Å²) in [5, 5.41) is 4.86. The van der Waals surface area contributed by atoms with Crippen LogP contribution in [0.2, 0.25) is 0 Å². The molecular weight excluding hydrogens is 464 g/mol. The molecule has 10 heteroatoms. The third-order valence-corrected chi connectivity index (χ3v) is 5.41. The van der Waals surface area contributed by atoms with Gasteiger partial charge >= 0.3 is 0 Å². The van der Waals surface area contributed by atoms with Crippen molar-refractivity contribution in [3.63, 3.8) is 0 Å². The van der Waals surface area contributed by atoms with Gasteiger partial charge in [0.1, 0.15) is 17.7 Å². The van der Waals surface area contributed by atoms with Gasteiger partial charge in [-0.05, 0) is 42.3 Å². The second-order valence-electron chi connectivity index (χ2n) is 6.92. The minimum atomic E-state index is -1.15. The number of amides is 4. The molecule has 1 atom stereocenters. The summed E-state index contributed by atoms with van der Waals surface area (Å²) in [5.74, 6) is -4.05. The first kappa shape index (κ1) is 20.1. The molecule has 2 aromatic rings. The molecule has 0 spiro atoms. The maximum absolute atomic E-state index is 14.6. The number of piperidine rings is 1. The first-order chi connectivity index (χ1) is 14.3.